The second kappa shape index (κ2) is 7.93. The zero-order chi connectivity index (χ0) is 18.8. The molecule has 2 aromatic heterocycles. The summed E-state index contributed by atoms with van der Waals surface area (Å²) < 4.78 is 0. The minimum absolute atomic E-state index is 0.411. The highest BCUT2D eigenvalue weighted by atomic mass is 15.2. The molecule has 27 heavy (non-hydrogen) atoms. The van der Waals surface area contributed by atoms with Crippen LogP contribution in [-0.4, -0.2) is 34.1 Å². The smallest absolute Gasteiger partial charge is 0.135 e. The lowest BCUT2D eigenvalue weighted by Gasteiger charge is -2.36. The van der Waals surface area contributed by atoms with E-state index in [1.54, 1.807) is 0 Å². The summed E-state index contributed by atoms with van der Waals surface area (Å²) in [6, 6.07) is 7.38. The molecule has 4 rings (SSSR count). The van der Waals surface area contributed by atoms with Gasteiger partial charge in [0.2, 0.25) is 0 Å². The molecule has 144 valence electrons. The molecule has 5 heteroatoms. The Kier molecular flexibility index (Phi) is 5.39. The summed E-state index contributed by atoms with van der Waals surface area (Å²) in [5, 5.41) is 3.95. The van der Waals surface area contributed by atoms with Crippen molar-refractivity contribution in [1.29, 1.82) is 0 Å². The Balaban J connectivity index is 1.41. The number of rotatable bonds is 6. The van der Waals surface area contributed by atoms with E-state index in [0.717, 1.165) is 55.6 Å². The van der Waals surface area contributed by atoms with Crippen molar-refractivity contribution in [3.63, 3.8) is 0 Å². The van der Waals surface area contributed by atoms with Gasteiger partial charge in [-0.25, -0.2) is 9.97 Å². The van der Waals surface area contributed by atoms with E-state index in [1.165, 1.54) is 24.1 Å². The van der Waals surface area contributed by atoms with Crippen LogP contribution >= 0.6 is 0 Å². The van der Waals surface area contributed by atoms with Crippen molar-refractivity contribution in [1.82, 2.24) is 20.3 Å². The number of aryl methyl sites for hydroxylation is 3. The topological polar surface area (TPSA) is 53.9 Å². The first-order valence-corrected chi connectivity index (χ1v) is 10.4. The molecule has 0 amide bonds. The Morgan fingerprint density at radius 3 is 2.56 bits per heavy atom. The molecule has 2 aromatic rings. The van der Waals surface area contributed by atoms with Crippen molar-refractivity contribution in [3.05, 3.63) is 47.2 Å². The maximum atomic E-state index is 4.81. The molecule has 1 N–H and O–H groups in total. The Labute approximate surface area is 162 Å². The highest BCUT2D eigenvalue weighted by molar-refractivity contribution is 5.46. The zero-order valence-electron chi connectivity index (χ0n) is 16.8. The molecule has 1 aliphatic carbocycles. The fourth-order valence-electron chi connectivity index (χ4n) is 4.15. The van der Waals surface area contributed by atoms with Crippen LogP contribution < -0.4 is 10.2 Å². The van der Waals surface area contributed by atoms with Crippen molar-refractivity contribution < 1.29 is 0 Å². The number of hydrogen-bond acceptors (Lipinski definition) is 5. The third kappa shape index (κ3) is 4.29. The predicted molar refractivity (Wildman–Crippen MR) is 109 cm³/mol. The van der Waals surface area contributed by atoms with Gasteiger partial charge in [-0.3, -0.25) is 4.98 Å². The summed E-state index contributed by atoms with van der Waals surface area (Å²) in [5.41, 5.74) is 3.59. The number of nitrogens with one attached hydrogen (secondary N) is 1. The minimum Gasteiger partial charge on any atom is -0.356 e. The first kappa shape index (κ1) is 18.4. The first-order chi connectivity index (χ1) is 13.1. The third-order valence-electron chi connectivity index (χ3n) is 5.87. The number of anilines is 1. The second-order valence-electron chi connectivity index (χ2n) is 8.07. The predicted octanol–water partition coefficient (Wildman–Crippen LogP) is 3.76. The third-order valence-corrected chi connectivity index (χ3v) is 5.87. The molecule has 0 spiro atoms. The van der Waals surface area contributed by atoms with Gasteiger partial charge in [0.05, 0.1) is 11.7 Å². The van der Waals surface area contributed by atoms with Crippen LogP contribution in [0.25, 0.3) is 0 Å². The average Bonchev–Trinajstić information content (AvgIpc) is 3.51. The zero-order valence-corrected chi connectivity index (χ0v) is 16.8. The Hall–Kier alpha value is -2.01. The van der Waals surface area contributed by atoms with Crippen LogP contribution in [0.5, 0.6) is 0 Å². The minimum atomic E-state index is 0.411. The highest BCUT2D eigenvalue weighted by Gasteiger charge is 2.35. The molecular formula is C22H31N5. The van der Waals surface area contributed by atoms with E-state index in [0.29, 0.717) is 12.1 Å². The van der Waals surface area contributed by atoms with Gasteiger partial charge in [0.25, 0.3) is 0 Å². The van der Waals surface area contributed by atoms with E-state index in [1.807, 2.05) is 13.1 Å². The van der Waals surface area contributed by atoms with Crippen molar-refractivity contribution in [2.75, 3.05) is 18.0 Å². The molecule has 0 aromatic carbocycles. The van der Waals surface area contributed by atoms with Crippen LogP contribution in [0.15, 0.2) is 24.4 Å². The lowest BCUT2D eigenvalue weighted by molar-refractivity contribution is 0.344. The quantitative estimate of drug-likeness (QED) is 0.845. The number of hydrogen-bond donors (Lipinski definition) is 1. The van der Waals surface area contributed by atoms with Gasteiger partial charge in [-0.05, 0) is 64.0 Å². The van der Waals surface area contributed by atoms with Crippen molar-refractivity contribution >= 4 is 5.82 Å². The van der Waals surface area contributed by atoms with Gasteiger partial charge in [-0.15, -0.1) is 0 Å². The summed E-state index contributed by atoms with van der Waals surface area (Å²) >= 11 is 0. The number of nitrogens with zero attached hydrogens (tertiary/aromatic N) is 4. The molecule has 1 saturated carbocycles. The monoisotopic (exact) mass is 365 g/mol. The lowest BCUT2D eigenvalue weighted by Crippen LogP contribution is -2.45. The molecule has 1 aliphatic heterocycles. The molecule has 0 radical (unpaired) electrons. The Bertz CT molecular complexity index is 778. The number of piperidine rings is 1. The van der Waals surface area contributed by atoms with Gasteiger partial charge >= 0.3 is 0 Å². The summed E-state index contributed by atoms with van der Waals surface area (Å²) in [5.74, 6) is 2.76. The molecule has 0 bridgehead atoms. The van der Waals surface area contributed by atoms with Gasteiger partial charge in [-0.1, -0.05) is 13.0 Å². The van der Waals surface area contributed by atoms with E-state index < -0.39 is 0 Å². The van der Waals surface area contributed by atoms with Crippen LogP contribution in [-0.2, 0) is 6.42 Å². The van der Waals surface area contributed by atoms with Crippen LogP contribution in [0.2, 0.25) is 0 Å². The van der Waals surface area contributed by atoms with E-state index in [2.05, 4.69) is 47.2 Å². The summed E-state index contributed by atoms with van der Waals surface area (Å²) in [6.07, 6.45) is 7.94. The van der Waals surface area contributed by atoms with Gasteiger partial charge in [0.1, 0.15) is 11.6 Å². The molecular weight excluding hydrogens is 334 g/mol. The van der Waals surface area contributed by atoms with Crippen molar-refractivity contribution in [2.24, 2.45) is 5.92 Å². The SMILES string of the molecule is CCc1cnc(C)nc1N1CCC(N[C@@H](c2cccc(C)n2)C2CC2)CC1. The average molecular weight is 366 g/mol. The van der Waals surface area contributed by atoms with E-state index in [4.69, 9.17) is 9.97 Å². The van der Waals surface area contributed by atoms with Gasteiger partial charge < -0.3 is 10.2 Å². The Morgan fingerprint density at radius 2 is 1.89 bits per heavy atom. The molecule has 1 atom stereocenters. The fraction of sp³-hybridized carbons (Fsp3) is 0.591. The van der Waals surface area contributed by atoms with E-state index >= 15 is 0 Å². The van der Waals surface area contributed by atoms with Crippen LogP contribution in [0, 0.1) is 19.8 Å². The normalized spacial score (nSPS) is 19.3. The fourth-order valence-corrected chi connectivity index (χ4v) is 4.15. The molecule has 0 unspecified atom stereocenters. The maximum absolute atomic E-state index is 4.81. The van der Waals surface area contributed by atoms with E-state index in [9.17, 15) is 0 Å². The van der Waals surface area contributed by atoms with Crippen LogP contribution in [0.4, 0.5) is 5.82 Å². The molecule has 2 aliphatic rings. The number of aromatic nitrogens is 3. The first-order valence-electron chi connectivity index (χ1n) is 10.4. The largest absolute Gasteiger partial charge is 0.356 e. The van der Waals surface area contributed by atoms with Gasteiger partial charge in [-0.2, -0.15) is 0 Å². The highest BCUT2D eigenvalue weighted by Crippen LogP contribution is 2.41. The maximum Gasteiger partial charge on any atom is 0.135 e. The molecule has 3 heterocycles. The summed E-state index contributed by atoms with van der Waals surface area (Å²) in [7, 11) is 0. The second-order valence-corrected chi connectivity index (χ2v) is 8.07. The molecule has 1 saturated heterocycles. The van der Waals surface area contributed by atoms with E-state index in [-0.39, 0.29) is 0 Å². The standard InChI is InChI=1S/C22H31N5/c1-4-17-14-23-16(3)25-22(17)27-12-10-19(11-13-27)26-21(18-8-9-18)20-7-5-6-15(2)24-20/h5-7,14,18-19,21,26H,4,8-13H2,1-3H3/t21-/m1/s1. The number of pyridine rings is 1. The lowest BCUT2D eigenvalue weighted by atomic mass is 10.00. The van der Waals surface area contributed by atoms with Crippen molar-refractivity contribution in [2.45, 2.75) is 65.0 Å². The van der Waals surface area contributed by atoms with Crippen LogP contribution in [0.3, 0.4) is 0 Å². The van der Waals surface area contributed by atoms with Gasteiger partial charge in [0.15, 0.2) is 0 Å². The Morgan fingerprint density at radius 1 is 1.11 bits per heavy atom. The summed E-state index contributed by atoms with van der Waals surface area (Å²) in [4.78, 5) is 16.4. The van der Waals surface area contributed by atoms with Crippen molar-refractivity contribution in [3.8, 4) is 0 Å². The summed E-state index contributed by atoms with van der Waals surface area (Å²) in [6.45, 7) is 8.35. The van der Waals surface area contributed by atoms with Crippen LogP contribution in [0.1, 0.15) is 61.4 Å². The molecule has 5 nitrogen and oxygen atoms in total. The van der Waals surface area contributed by atoms with Gasteiger partial charge in [0, 0.05) is 36.6 Å². The molecule has 2 fully saturated rings.